The number of pyridine rings is 1. The molecule has 0 unspecified atom stereocenters. The van der Waals surface area contributed by atoms with Gasteiger partial charge in [0, 0.05) is 44.4 Å². The van der Waals surface area contributed by atoms with Crippen LogP contribution in [0, 0.1) is 25.7 Å². The Balaban J connectivity index is 1.48. The first-order chi connectivity index (χ1) is 16.5. The Morgan fingerprint density at radius 3 is 2.65 bits per heavy atom. The SMILES string of the molecule is COc1ccnc(NCCC#CCCNC(=O)c2cc(C)cn(Cc3cccc(C)c3)c2=O)n1. The summed E-state index contributed by atoms with van der Waals surface area (Å²) in [7, 11) is 1.55. The van der Waals surface area contributed by atoms with Gasteiger partial charge in [0.2, 0.25) is 11.8 Å². The van der Waals surface area contributed by atoms with Gasteiger partial charge in [-0.15, -0.1) is 11.8 Å². The Labute approximate surface area is 199 Å². The summed E-state index contributed by atoms with van der Waals surface area (Å²) >= 11 is 0. The quantitative estimate of drug-likeness (QED) is 0.377. The molecule has 0 saturated carbocycles. The second-order valence-electron chi connectivity index (χ2n) is 7.81. The van der Waals surface area contributed by atoms with Crippen LogP contribution in [0.1, 0.15) is 39.9 Å². The predicted octanol–water partition coefficient (Wildman–Crippen LogP) is 2.94. The zero-order valence-electron chi connectivity index (χ0n) is 19.7. The Morgan fingerprint density at radius 2 is 1.88 bits per heavy atom. The van der Waals surface area contributed by atoms with Crippen LogP contribution in [0.5, 0.6) is 5.88 Å². The fourth-order valence-electron chi connectivity index (χ4n) is 3.36. The number of carbonyl (C=O) groups excluding carboxylic acids is 1. The van der Waals surface area contributed by atoms with Crippen LogP contribution in [-0.2, 0) is 6.54 Å². The van der Waals surface area contributed by atoms with E-state index in [0.29, 0.717) is 44.3 Å². The molecule has 0 saturated heterocycles. The second-order valence-corrected chi connectivity index (χ2v) is 7.81. The summed E-state index contributed by atoms with van der Waals surface area (Å²) in [5.41, 5.74) is 2.83. The van der Waals surface area contributed by atoms with Crippen molar-refractivity contribution >= 4 is 11.9 Å². The molecule has 0 atom stereocenters. The van der Waals surface area contributed by atoms with Gasteiger partial charge in [-0.25, -0.2) is 4.98 Å². The highest BCUT2D eigenvalue weighted by Gasteiger charge is 2.13. The maximum Gasteiger partial charge on any atom is 0.263 e. The minimum absolute atomic E-state index is 0.142. The van der Waals surface area contributed by atoms with Gasteiger partial charge in [-0.1, -0.05) is 29.8 Å². The molecule has 8 heteroatoms. The van der Waals surface area contributed by atoms with Crippen molar-refractivity contribution in [3.8, 4) is 17.7 Å². The highest BCUT2D eigenvalue weighted by atomic mass is 16.5. The number of nitrogens with one attached hydrogen (secondary N) is 2. The van der Waals surface area contributed by atoms with Crippen LogP contribution in [0.4, 0.5) is 5.95 Å². The smallest absolute Gasteiger partial charge is 0.263 e. The van der Waals surface area contributed by atoms with Crippen LogP contribution in [0.25, 0.3) is 0 Å². The van der Waals surface area contributed by atoms with E-state index in [1.807, 2.05) is 38.1 Å². The van der Waals surface area contributed by atoms with E-state index in [0.717, 1.165) is 16.7 Å². The number of nitrogens with zero attached hydrogens (tertiary/aromatic N) is 3. The molecule has 1 aromatic carbocycles. The molecule has 8 nitrogen and oxygen atoms in total. The monoisotopic (exact) mass is 459 g/mol. The van der Waals surface area contributed by atoms with E-state index in [-0.39, 0.29) is 17.0 Å². The minimum atomic E-state index is -0.384. The number of hydrogen-bond acceptors (Lipinski definition) is 6. The van der Waals surface area contributed by atoms with Crippen molar-refractivity contribution in [2.75, 3.05) is 25.5 Å². The van der Waals surface area contributed by atoms with Crippen LogP contribution in [0.15, 0.2) is 53.6 Å². The Bertz CT molecular complexity index is 1260. The highest BCUT2D eigenvalue weighted by Crippen LogP contribution is 2.08. The molecular formula is C26H29N5O3. The first-order valence-electron chi connectivity index (χ1n) is 11.1. The van der Waals surface area contributed by atoms with Crippen molar-refractivity contribution in [1.29, 1.82) is 0 Å². The summed E-state index contributed by atoms with van der Waals surface area (Å²) in [6.45, 7) is 5.26. The molecular weight excluding hydrogens is 430 g/mol. The zero-order chi connectivity index (χ0) is 24.3. The van der Waals surface area contributed by atoms with Crippen molar-refractivity contribution in [2.24, 2.45) is 0 Å². The van der Waals surface area contributed by atoms with Crippen molar-refractivity contribution in [3.63, 3.8) is 0 Å². The lowest BCUT2D eigenvalue weighted by molar-refractivity contribution is 0.0952. The average Bonchev–Trinajstić information content (AvgIpc) is 2.83. The van der Waals surface area contributed by atoms with E-state index in [1.54, 1.807) is 36.2 Å². The fourth-order valence-corrected chi connectivity index (χ4v) is 3.36. The van der Waals surface area contributed by atoms with Crippen molar-refractivity contribution < 1.29 is 9.53 Å². The lowest BCUT2D eigenvalue weighted by atomic mass is 10.1. The first kappa shape index (κ1) is 24.5. The number of methoxy groups -OCH3 is 1. The van der Waals surface area contributed by atoms with Gasteiger partial charge in [0.1, 0.15) is 5.56 Å². The molecule has 3 rings (SSSR count). The molecule has 0 aliphatic carbocycles. The fraction of sp³-hybridized carbons (Fsp3) is 0.308. The highest BCUT2D eigenvalue weighted by molar-refractivity contribution is 5.93. The first-order valence-corrected chi connectivity index (χ1v) is 11.1. The van der Waals surface area contributed by atoms with Gasteiger partial charge < -0.3 is 19.9 Å². The molecule has 3 aromatic rings. The van der Waals surface area contributed by atoms with Gasteiger partial charge in [-0.05, 0) is 31.0 Å². The Morgan fingerprint density at radius 1 is 1.09 bits per heavy atom. The van der Waals surface area contributed by atoms with Crippen LogP contribution >= 0.6 is 0 Å². The summed E-state index contributed by atoms with van der Waals surface area (Å²) in [4.78, 5) is 33.7. The molecule has 0 radical (unpaired) electrons. The Kier molecular flexibility index (Phi) is 8.81. The summed E-state index contributed by atoms with van der Waals surface area (Å²) < 4.78 is 6.64. The van der Waals surface area contributed by atoms with E-state index >= 15 is 0 Å². The third-order valence-electron chi connectivity index (χ3n) is 4.94. The number of carbonyl (C=O) groups is 1. The normalized spacial score (nSPS) is 10.2. The molecule has 2 N–H and O–H groups in total. The predicted molar refractivity (Wildman–Crippen MR) is 132 cm³/mol. The third kappa shape index (κ3) is 7.20. The number of hydrogen-bond donors (Lipinski definition) is 2. The second kappa shape index (κ2) is 12.2. The van der Waals surface area contributed by atoms with Gasteiger partial charge in [0.15, 0.2) is 0 Å². The molecule has 1 amide bonds. The van der Waals surface area contributed by atoms with Crippen molar-refractivity contribution in [3.05, 3.63) is 81.4 Å². The zero-order valence-corrected chi connectivity index (χ0v) is 19.7. The van der Waals surface area contributed by atoms with Crippen molar-refractivity contribution in [1.82, 2.24) is 19.9 Å². The number of amides is 1. The molecule has 0 aliphatic heterocycles. The molecule has 0 bridgehead atoms. The van der Waals surface area contributed by atoms with Gasteiger partial charge in [0.25, 0.3) is 11.5 Å². The van der Waals surface area contributed by atoms with Gasteiger partial charge in [-0.3, -0.25) is 9.59 Å². The minimum Gasteiger partial charge on any atom is -0.481 e. The van der Waals surface area contributed by atoms with E-state index < -0.39 is 0 Å². The van der Waals surface area contributed by atoms with Crippen LogP contribution in [0.2, 0.25) is 0 Å². The summed E-state index contributed by atoms with van der Waals surface area (Å²) in [6.07, 6.45) is 4.49. The lowest BCUT2D eigenvalue weighted by Crippen LogP contribution is -2.33. The number of ether oxygens (including phenoxy) is 1. The van der Waals surface area contributed by atoms with E-state index in [9.17, 15) is 9.59 Å². The molecule has 34 heavy (non-hydrogen) atoms. The van der Waals surface area contributed by atoms with Crippen LogP contribution in [-0.4, -0.2) is 40.6 Å². The third-order valence-corrected chi connectivity index (χ3v) is 4.94. The maximum atomic E-state index is 12.9. The molecule has 2 heterocycles. The molecule has 0 aliphatic rings. The molecule has 176 valence electrons. The topological polar surface area (TPSA) is 98.1 Å². The lowest BCUT2D eigenvalue weighted by Gasteiger charge is -2.11. The number of aromatic nitrogens is 3. The summed E-state index contributed by atoms with van der Waals surface area (Å²) in [5, 5.41) is 5.87. The number of aryl methyl sites for hydroxylation is 2. The van der Waals surface area contributed by atoms with Crippen LogP contribution in [0.3, 0.4) is 0 Å². The van der Waals surface area contributed by atoms with Gasteiger partial charge in [0.05, 0.1) is 13.7 Å². The average molecular weight is 460 g/mol. The number of benzene rings is 1. The molecule has 0 fully saturated rings. The van der Waals surface area contributed by atoms with Gasteiger partial charge >= 0.3 is 0 Å². The van der Waals surface area contributed by atoms with Gasteiger partial charge in [-0.2, -0.15) is 4.98 Å². The maximum absolute atomic E-state index is 12.9. The molecule has 0 spiro atoms. The number of rotatable bonds is 9. The van der Waals surface area contributed by atoms with Crippen molar-refractivity contribution in [2.45, 2.75) is 33.2 Å². The van der Waals surface area contributed by atoms with Crippen LogP contribution < -0.4 is 20.9 Å². The summed E-state index contributed by atoms with van der Waals surface area (Å²) in [5.74, 6) is 6.66. The Hall–Kier alpha value is -4.12. The number of anilines is 1. The largest absolute Gasteiger partial charge is 0.481 e. The van der Waals surface area contributed by atoms with E-state index in [1.165, 1.54) is 0 Å². The van der Waals surface area contributed by atoms with E-state index in [2.05, 4.69) is 32.4 Å². The molecule has 2 aromatic heterocycles. The van der Waals surface area contributed by atoms with E-state index in [4.69, 9.17) is 4.74 Å². The summed E-state index contributed by atoms with van der Waals surface area (Å²) in [6, 6.07) is 11.3. The standard InChI is InChI=1S/C26H29N5O3/c1-19-9-8-10-21(15-19)18-31-17-20(2)16-22(25(31)33)24(32)27-12-6-4-5-7-13-28-26-29-14-11-23(30-26)34-3/h8-11,14-17H,6-7,12-13,18H2,1-3H3,(H,27,32)(H,28,29,30).